The van der Waals surface area contributed by atoms with Gasteiger partial charge in [0.1, 0.15) is 0 Å². The summed E-state index contributed by atoms with van der Waals surface area (Å²) in [5, 5.41) is 6.31. The molecule has 2 N–H and O–H groups in total. The van der Waals surface area contributed by atoms with Gasteiger partial charge in [0.05, 0.1) is 25.7 Å². The largest absolute Gasteiger partial charge is 0.463 e. The van der Waals surface area contributed by atoms with Gasteiger partial charge in [-0.1, -0.05) is 0 Å². The summed E-state index contributed by atoms with van der Waals surface area (Å²) in [6, 6.07) is 0.158. The second-order valence-electron chi connectivity index (χ2n) is 4.55. The number of halogens is 1. The van der Waals surface area contributed by atoms with Crippen molar-refractivity contribution in [2.24, 2.45) is 4.99 Å². The summed E-state index contributed by atoms with van der Waals surface area (Å²) in [5.41, 5.74) is 0. The van der Waals surface area contributed by atoms with Gasteiger partial charge >= 0.3 is 5.97 Å². The van der Waals surface area contributed by atoms with Crippen molar-refractivity contribution < 1.29 is 14.3 Å². The minimum atomic E-state index is -0.223. The second kappa shape index (κ2) is 13.4. The average molecular weight is 401 g/mol. The molecule has 0 saturated heterocycles. The molecular weight excluding hydrogens is 373 g/mol. The summed E-state index contributed by atoms with van der Waals surface area (Å²) in [6.07, 6.45) is 0.206. The summed E-state index contributed by atoms with van der Waals surface area (Å²) in [4.78, 5) is 15.7. The third kappa shape index (κ3) is 12.5. The summed E-state index contributed by atoms with van der Waals surface area (Å²) in [7, 11) is 1.66. The van der Waals surface area contributed by atoms with Crippen molar-refractivity contribution in [1.82, 2.24) is 10.6 Å². The highest BCUT2D eigenvalue weighted by molar-refractivity contribution is 14.0. The molecule has 1 unspecified atom stereocenters. The minimum Gasteiger partial charge on any atom is -0.463 e. The highest BCUT2D eigenvalue weighted by Crippen LogP contribution is 1.94. The first-order valence-electron chi connectivity index (χ1n) is 6.72. The van der Waals surface area contributed by atoms with Crippen molar-refractivity contribution in [3.63, 3.8) is 0 Å². The number of carbonyl (C=O) groups excluding carboxylic acids is 1. The molecule has 0 heterocycles. The van der Waals surface area contributed by atoms with Gasteiger partial charge < -0.3 is 20.1 Å². The Kier molecular flexibility index (Phi) is 14.6. The monoisotopic (exact) mass is 401 g/mol. The van der Waals surface area contributed by atoms with Gasteiger partial charge in [0, 0.05) is 19.7 Å². The Labute approximate surface area is 139 Å². The maximum Gasteiger partial charge on any atom is 0.307 e. The molecule has 0 radical (unpaired) electrons. The van der Waals surface area contributed by atoms with E-state index in [0.717, 1.165) is 6.54 Å². The van der Waals surface area contributed by atoms with Crippen molar-refractivity contribution in [2.75, 3.05) is 26.8 Å². The van der Waals surface area contributed by atoms with E-state index in [1.165, 1.54) is 0 Å². The number of ether oxygens (including phenoxy) is 2. The predicted octanol–water partition coefficient (Wildman–Crippen LogP) is 1.54. The molecule has 0 aromatic heterocycles. The van der Waals surface area contributed by atoms with E-state index in [-0.39, 0.29) is 48.5 Å². The first-order chi connectivity index (χ1) is 8.99. The van der Waals surface area contributed by atoms with Crippen LogP contribution in [0.5, 0.6) is 0 Å². The van der Waals surface area contributed by atoms with E-state index < -0.39 is 0 Å². The molecule has 0 fully saturated rings. The fraction of sp³-hybridized carbons (Fsp3) is 0.846. The van der Waals surface area contributed by atoms with Crippen LogP contribution in [0.1, 0.15) is 34.1 Å². The van der Waals surface area contributed by atoms with Gasteiger partial charge in [0.2, 0.25) is 0 Å². The van der Waals surface area contributed by atoms with Gasteiger partial charge in [0.15, 0.2) is 5.96 Å². The Hall–Kier alpha value is -0.570. The number of nitrogens with one attached hydrogen (secondary N) is 2. The fourth-order valence-corrected chi connectivity index (χ4v) is 1.43. The topological polar surface area (TPSA) is 72.0 Å². The molecule has 0 aliphatic carbocycles. The molecule has 120 valence electrons. The van der Waals surface area contributed by atoms with E-state index in [2.05, 4.69) is 15.6 Å². The lowest BCUT2D eigenvalue weighted by molar-refractivity contribution is -0.147. The molecular formula is C13H28IN3O3. The predicted molar refractivity (Wildman–Crippen MR) is 91.7 cm³/mol. The molecule has 7 heteroatoms. The SMILES string of the molecule is CCNC(=NCCC(=O)OC(C)C)NC(C)COC.I. The van der Waals surface area contributed by atoms with Gasteiger partial charge in [-0.2, -0.15) is 0 Å². The third-order valence-corrected chi connectivity index (χ3v) is 2.10. The van der Waals surface area contributed by atoms with Crippen molar-refractivity contribution in [2.45, 2.75) is 46.3 Å². The Morgan fingerprint density at radius 1 is 1.30 bits per heavy atom. The summed E-state index contributed by atoms with van der Waals surface area (Å²) in [6.45, 7) is 9.43. The molecule has 0 aliphatic rings. The van der Waals surface area contributed by atoms with Gasteiger partial charge in [-0.25, -0.2) is 0 Å². The Morgan fingerprint density at radius 2 is 1.95 bits per heavy atom. The van der Waals surface area contributed by atoms with Gasteiger partial charge in [-0.15, -0.1) is 24.0 Å². The smallest absolute Gasteiger partial charge is 0.307 e. The first-order valence-corrected chi connectivity index (χ1v) is 6.72. The maximum atomic E-state index is 11.4. The number of guanidine groups is 1. The van der Waals surface area contributed by atoms with Crippen LogP contribution in [0.3, 0.4) is 0 Å². The number of esters is 1. The number of carbonyl (C=O) groups is 1. The number of hydrogen-bond acceptors (Lipinski definition) is 4. The van der Waals surface area contributed by atoms with E-state index in [4.69, 9.17) is 9.47 Å². The summed E-state index contributed by atoms with van der Waals surface area (Å²) >= 11 is 0. The van der Waals surface area contributed by atoms with Crippen LogP contribution in [0, 0.1) is 0 Å². The molecule has 0 aromatic carbocycles. The first kappa shape index (κ1) is 21.7. The molecule has 0 aliphatic heterocycles. The molecule has 1 atom stereocenters. The zero-order chi connectivity index (χ0) is 14.7. The molecule has 20 heavy (non-hydrogen) atoms. The fourth-order valence-electron chi connectivity index (χ4n) is 1.43. The molecule has 0 spiro atoms. The van der Waals surface area contributed by atoms with Crippen LogP contribution in [0.4, 0.5) is 0 Å². The number of rotatable bonds is 8. The molecule has 0 amide bonds. The van der Waals surface area contributed by atoms with Crippen molar-refractivity contribution in [3.8, 4) is 0 Å². The quantitative estimate of drug-likeness (QED) is 0.280. The molecule has 0 saturated carbocycles. The van der Waals surface area contributed by atoms with Crippen molar-refractivity contribution >= 4 is 35.9 Å². The Balaban J connectivity index is 0. The maximum absolute atomic E-state index is 11.4. The van der Waals surface area contributed by atoms with E-state index in [1.54, 1.807) is 7.11 Å². The lowest BCUT2D eigenvalue weighted by atomic mass is 10.4. The van der Waals surface area contributed by atoms with Crippen molar-refractivity contribution in [3.05, 3.63) is 0 Å². The number of aliphatic imine (C=N–C) groups is 1. The zero-order valence-electron chi connectivity index (χ0n) is 13.1. The van der Waals surface area contributed by atoms with Crippen LogP contribution in [-0.4, -0.2) is 50.9 Å². The highest BCUT2D eigenvalue weighted by Gasteiger charge is 2.06. The summed E-state index contributed by atoms with van der Waals surface area (Å²) in [5.74, 6) is 0.462. The third-order valence-electron chi connectivity index (χ3n) is 2.10. The Morgan fingerprint density at radius 3 is 2.45 bits per heavy atom. The standard InChI is InChI=1S/C13H27N3O3.HI/c1-6-14-13(16-11(4)9-18-5)15-8-7-12(17)19-10(2)3;/h10-11H,6-9H2,1-5H3,(H2,14,15,16);1H. The zero-order valence-corrected chi connectivity index (χ0v) is 15.4. The van der Waals surface area contributed by atoms with Gasteiger partial charge in [0.25, 0.3) is 0 Å². The van der Waals surface area contributed by atoms with Gasteiger partial charge in [-0.05, 0) is 27.7 Å². The van der Waals surface area contributed by atoms with Crippen LogP contribution in [-0.2, 0) is 14.3 Å². The Bertz CT molecular complexity index is 286. The normalized spacial score (nSPS) is 12.6. The molecule has 0 rings (SSSR count). The number of methoxy groups -OCH3 is 1. The lowest BCUT2D eigenvalue weighted by Crippen LogP contribution is -2.44. The number of hydrogen-bond donors (Lipinski definition) is 2. The van der Waals surface area contributed by atoms with E-state index >= 15 is 0 Å². The molecule has 0 bridgehead atoms. The van der Waals surface area contributed by atoms with Crippen LogP contribution >= 0.6 is 24.0 Å². The van der Waals surface area contributed by atoms with Crippen LogP contribution in [0.2, 0.25) is 0 Å². The highest BCUT2D eigenvalue weighted by atomic mass is 127. The molecule has 0 aromatic rings. The van der Waals surface area contributed by atoms with E-state index in [0.29, 0.717) is 19.1 Å². The average Bonchev–Trinajstić information content (AvgIpc) is 2.28. The van der Waals surface area contributed by atoms with Gasteiger partial charge in [-0.3, -0.25) is 9.79 Å². The van der Waals surface area contributed by atoms with Crippen LogP contribution < -0.4 is 10.6 Å². The second-order valence-corrected chi connectivity index (χ2v) is 4.55. The van der Waals surface area contributed by atoms with Crippen LogP contribution in [0.15, 0.2) is 4.99 Å². The molecule has 6 nitrogen and oxygen atoms in total. The number of nitrogens with zero attached hydrogens (tertiary/aromatic N) is 1. The summed E-state index contributed by atoms with van der Waals surface area (Å²) < 4.78 is 10.1. The lowest BCUT2D eigenvalue weighted by Gasteiger charge is -2.16. The van der Waals surface area contributed by atoms with E-state index in [1.807, 2.05) is 27.7 Å². The van der Waals surface area contributed by atoms with Crippen molar-refractivity contribution in [1.29, 1.82) is 0 Å². The van der Waals surface area contributed by atoms with E-state index in [9.17, 15) is 4.79 Å². The minimum absolute atomic E-state index is 0. The van der Waals surface area contributed by atoms with Crippen LogP contribution in [0.25, 0.3) is 0 Å².